The van der Waals surface area contributed by atoms with Crippen molar-refractivity contribution in [2.75, 3.05) is 0 Å². The SMILES string of the molecule is Cc1cc(C)cc(C)c1.Cc1ccc(-c2ccc(C)cc2)cc1.Cc1ccc(-c2cccc(C)c2)cc1.Cc1ccc(-c2ccccc2C)cc1.Cc1ccc(C)cc1.Cc1cccc(-c2cccc(C)c2)c1.Cc1cccc(-c2ccccc2C)c1.Cc1cccc(C)c1.Cc1ccccc1C. The Bertz CT molecular complexity index is 4570. The predicted molar refractivity (Wildman–Crippen MR) is 455 cm³/mol. The molecule has 0 amide bonds. The van der Waals surface area contributed by atoms with Gasteiger partial charge in [0.2, 0.25) is 0 Å². The lowest BCUT2D eigenvalue weighted by atomic mass is 9.99. The summed E-state index contributed by atoms with van der Waals surface area (Å²) in [4.78, 5) is 0. The Morgan fingerprint density at radius 1 is 0.107 bits per heavy atom. The van der Waals surface area contributed by atoms with Crippen LogP contribution in [0.1, 0.15) is 106 Å². The van der Waals surface area contributed by atoms with Crippen LogP contribution < -0.4 is 0 Å². The normalized spacial score (nSPS) is 9.89. The maximum Gasteiger partial charge on any atom is -0.0155 e. The third-order valence-electron chi connectivity index (χ3n) is 17.4. The molecule has 0 saturated carbocycles. The molecule has 0 aromatic heterocycles. The molecule has 0 nitrogen and oxygen atoms in total. The smallest absolute Gasteiger partial charge is 0.0155 e. The van der Waals surface area contributed by atoms with E-state index in [2.05, 4.69) is 465 Å². The molecule has 524 valence electrons. The van der Waals surface area contributed by atoms with E-state index >= 15 is 0 Å². The zero-order chi connectivity index (χ0) is 74.6. The first-order chi connectivity index (χ1) is 49.4. The molecule has 14 aromatic rings. The molecule has 0 saturated heterocycles. The summed E-state index contributed by atoms with van der Waals surface area (Å²) in [5, 5.41) is 0. The lowest BCUT2D eigenvalue weighted by Gasteiger charge is -2.05. The minimum Gasteiger partial charge on any atom is -0.0620 e. The fraction of sp³-hybridized carbons (Fsp3) is 0.184. The lowest BCUT2D eigenvalue weighted by Crippen LogP contribution is -1.82. The van der Waals surface area contributed by atoms with Crippen molar-refractivity contribution >= 4 is 0 Å². The molecule has 0 aliphatic heterocycles. The van der Waals surface area contributed by atoms with E-state index in [4.69, 9.17) is 0 Å². The van der Waals surface area contributed by atoms with Gasteiger partial charge in [-0.15, -0.1) is 0 Å². The fourth-order valence-electron chi connectivity index (χ4n) is 11.4. The van der Waals surface area contributed by atoms with Crippen LogP contribution in [0.15, 0.2) is 334 Å². The summed E-state index contributed by atoms with van der Waals surface area (Å²) in [5.41, 5.74) is 38.3. The topological polar surface area (TPSA) is 0 Å². The van der Waals surface area contributed by atoms with E-state index in [-0.39, 0.29) is 0 Å². The third kappa shape index (κ3) is 30.4. The maximum absolute atomic E-state index is 2.22. The van der Waals surface area contributed by atoms with Gasteiger partial charge in [-0.1, -0.05) is 417 Å². The van der Waals surface area contributed by atoms with Crippen LogP contribution >= 0.6 is 0 Å². The minimum atomic E-state index is 1.29. The van der Waals surface area contributed by atoms with Crippen LogP contribution in [0.3, 0.4) is 0 Å². The largest absolute Gasteiger partial charge is 0.0620 e. The van der Waals surface area contributed by atoms with Gasteiger partial charge in [-0.2, -0.15) is 0 Å². The Balaban J connectivity index is 0.000000184. The number of rotatable bonds is 5. The van der Waals surface area contributed by atoms with Crippen molar-refractivity contribution in [2.45, 2.75) is 132 Å². The second-order valence-corrected chi connectivity index (χ2v) is 27.6. The van der Waals surface area contributed by atoms with Gasteiger partial charge in [0, 0.05) is 0 Å². The Hall–Kier alpha value is -10.9. The highest BCUT2D eigenvalue weighted by atomic mass is 14.1. The Labute approximate surface area is 622 Å². The van der Waals surface area contributed by atoms with E-state index in [0.717, 1.165) is 0 Å². The highest BCUT2D eigenvalue weighted by molar-refractivity contribution is 5.69. The molecule has 0 radical (unpaired) electrons. The van der Waals surface area contributed by atoms with Gasteiger partial charge in [-0.25, -0.2) is 0 Å². The van der Waals surface area contributed by atoms with Crippen LogP contribution in [-0.4, -0.2) is 0 Å². The molecule has 0 unspecified atom stereocenters. The minimum absolute atomic E-state index is 1.29. The molecule has 0 fully saturated rings. The van der Waals surface area contributed by atoms with Gasteiger partial charge in [0.05, 0.1) is 0 Å². The van der Waals surface area contributed by atoms with Gasteiger partial charge in [0.25, 0.3) is 0 Å². The average Bonchev–Trinajstić information content (AvgIpc) is 0.904. The van der Waals surface area contributed by atoms with Crippen LogP contribution in [0.25, 0.3) is 55.6 Å². The summed E-state index contributed by atoms with van der Waals surface area (Å²) in [7, 11) is 0. The summed E-state index contributed by atoms with van der Waals surface area (Å²) in [6, 6.07) is 118. The Morgan fingerprint density at radius 2 is 0.301 bits per heavy atom. The van der Waals surface area contributed by atoms with E-state index in [0.29, 0.717) is 0 Å². The molecule has 0 aliphatic carbocycles. The summed E-state index contributed by atoms with van der Waals surface area (Å²) >= 11 is 0. The van der Waals surface area contributed by atoms with Crippen molar-refractivity contribution in [3.8, 4) is 55.6 Å². The monoisotopic (exact) mass is 1350 g/mol. The van der Waals surface area contributed by atoms with Crippen LogP contribution in [0, 0.1) is 132 Å². The summed E-state index contributed by atoms with van der Waals surface area (Å²) in [6.07, 6.45) is 0. The van der Waals surface area contributed by atoms with E-state index < -0.39 is 0 Å². The van der Waals surface area contributed by atoms with Gasteiger partial charge in [-0.3, -0.25) is 0 Å². The van der Waals surface area contributed by atoms with Gasteiger partial charge in [0.1, 0.15) is 0 Å². The molecule has 14 aromatic carbocycles. The van der Waals surface area contributed by atoms with Crippen LogP contribution in [0.4, 0.5) is 0 Å². The third-order valence-corrected chi connectivity index (χ3v) is 17.4. The van der Waals surface area contributed by atoms with Crippen molar-refractivity contribution in [1.82, 2.24) is 0 Å². The van der Waals surface area contributed by atoms with Gasteiger partial charge in [-0.05, 0) is 209 Å². The van der Waals surface area contributed by atoms with Crippen molar-refractivity contribution in [1.29, 1.82) is 0 Å². The first kappa shape index (κ1) is 81.0. The molecular formula is C103H112. The highest BCUT2D eigenvalue weighted by Crippen LogP contribution is 2.27. The van der Waals surface area contributed by atoms with Crippen molar-refractivity contribution in [3.63, 3.8) is 0 Å². The van der Waals surface area contributed by atoms with E-state index in [1.807, 2.05) is 0 Å². The zero-order valence-electron chi connectivity index (χ0n) is 65.3. The van der Waals surface area contributed by atoms with Gasteiger partial charge in [0.15, 0.2) is 0 Å². The summed E-state index contributed by atoms with van der Waals surface area (Å²) in [6.45, 7) is 40.3. The quantitative estimate of drug-likeness (QED) is 0.161. The van der Waals surface area contributed by atoms with Crippen molar-refractivity contribution < 1.29 is 0 Å². The van der Waals surface area contributed by atoms with Gasteiger partial charge >= 0.3 is 0 Å². The van der Waals surface area contributed by atoms with Crippen molar-refractivity contribution in [2.24, 2.45) is 0 Å². The predicted octanol–water partition coefficient (Wildman–Crippen LogP) is 29.4. The molecule has 0 aliphatic rings. The molecule has 14 rings (SSSR count). The summed E-state index contributed by atoms with van der Waals surface area (Å²) < 4.78 is 0. The van der Waals surface area contributed by atoms with Crippen LogP contribution in [0.2, 0.25) is 0 Å². The molecular weight excluding hydrogens is 1240 g/mol. The second kappa shape index (κ2) is 43.0. The van der Waals surface area contributed by atoms with Gasteiger partial charge < -0.3 is 0 Å². The lowest BCUT2D eigenvalue weighted by molar-refractivity contribution is 1.32. The van der Waals surface area contributed by atoms with Crippen LogP contribution in [-0.2, 0) is 0 Å². The van der Waals surface area contributed by atoms with Crippen molar-refractivity contribution in [3.05, 3.63) is 439 Å². The fourth-order valence-corrected chi connectivity index (χ4v) is 11.4. The van der Waals surface area contributed by atoms with E-state index in [9.17, 15) is 0 Å². The Morgan fingerprint density at radius 3 is 0.563 bits per heavy atom. The molecule has 103 heavy (non-hydrogen) atoms. The Kier molecular flexibility index (Phi) is 33.8. The molecule has 0 spiro atoms. The number of aryl methyl sites for hydroxylation is 19. The van der Waals surface area contributed by atoms with Crippen LogP contribution in [0.5, 0.6) is 0 Å². The molecule has 0 atom stereocenters. The number of hydrogen-bond acceptors (Lipinski definition) is 0. The number of hydrogen-bond donors (Lipinski definition) is 0. The van der Waals surface area contributed by atoms with E-state index in [1.54, 1.807) is 0 Å². The molecule has 0 bridgehead atoms. The van der Waals surface area contributed by atoms with E-state index in [1.165, 1.54) is 161 Å². The summed E-state index contributed by atoms with van der Waals surface area (Å²) in [5.74, 6) is 0. The average molecular weight is 1350 g/mol. The zero-order valence-corrected chi connectivity index (χ0v) is 65.3. The first-order valence-corrected chi connectivity index (χ1v) is 36.2. The molecule has 0 N–H and O–H groups in total. The first-order valence-electron chi connectivity index (χ1n) is 36.2. The maximum atomic E-state index is 2.22. The second-order valence-electron chi connectivity index (χ2n) is 27.6. The molecule has 0 heteroatoms. The number of benzene rings is 14. The highest BCUT2D eigenvalue weighted by Gasteiger charge is 2.03. The molecule has 0 heterocycles. The standard InChI is InChI=1S/5C14H14.C9H12.3C8H10/c1-11-3-7-13(8-4-11)14-9-5-12(2)6-10-14;1-11-5-3-7-13(9-11)14-8-4-6-12(2)10-14;1-11-6-5-8-13(10-11)14-9-4-3-7-12(14)2;1-11-6-8-13(9-7-11)14-5-3-4-12(2)10-14;1-11-7-9-13(10-8-11)14-6-4-3-5-12(14)2;1-7-4-8(2)6-9(3)5-7;1-7-3-5-8(2)6-4-7;1-7-4-3-5-8(2)6-7;1-7-5-3-4-6-8(7)2/h5*3-10H,1-2H3;4-6H,1-3H3;3*3-6H,1-2H3.